The van der Waals surface area contributed by atoms with E-state index in [4.69, 9.17) is 24.8 Å². The van der Waals surface area contributed by atoms with E-state index in [1.165, 1.54) is 0 Å². The van der Waals surface area contributed by atoms with Gasteiger partial charge in [-0.2, -0.15) is 11.8 Å². The average molecular weight is 394 g/mol. The second-order valence-electron chi connectivity index (χ2n) is 5.93. The molecule has 0 spiro atoms. The van der Waals surface area contributed by atoms with Crippen molar-refractivity contribution in [2.75, 3.05) is 45.4 Å². The van der Waals surface area contributed by atoms with Crippen molar-refractivity contribution in [3.8, 4) is 0 Å². The molecule has 0 aromatic carbocycles. The number of carboxylic acid groups (broad SMARTS) is 1. The van der Waals surface area contributed by atoms with E-state index in [2.05, 4.69) is 10.6 Å². The van der Waals surface area contributed by atoms with Gasteiger partial charge in [-0.15, -0.1) is 0 Å². The number of carboxylic acids is 1. The van der Waals surface area contributed by atoms with Gasteiger partial charge in [-0.3, -0.25) is 4.79 Å². The van der Waals surface area contributed by atoms with Crippen molar-refractivity contribution in [3.63, 3.8) is 0 Å². The molecular formula is C16H30N2O7S. The lowest BCUT2D eigenvalue weighted by Gasteiger charge is -2.16. The first-order valence-electron chi connectivity index (χ1n) is 8.86. The van der Waals surface area contributed by atoms with E-state index >= 15 is 0 Å². The third-order valence-electron chi connectivity index (χ3n) is 3.91. The molecule has 2 aliphatic rings. The molecule has 0 unspecified atom stereocenters. The fourth-order valence-electron chi connectivity index (χ4n) is 2.72. The number of urea groups is 1. The maximum atomic E-state index is 11.1. The van der Waals surface area contributed by atoms with Crippen LogP contribution in [0.4, 0.5) is 4.79 Å². The molecule has 0 aromatic rings. The fourth-order valence-corrected chi connectivity index (χ4v) is 4.26. The van der Waals surface area contributed by atoms with Gasteiger partial charge in [0, 0.05) is 17.4 Å². The molecule has 0 bridgehead atoms. The van der Waals surface area contributed by atoms with Crippen molar-refractivity contribution in [1.82, 2.24) is 10.6 Å². The van der Waals surface area contributed by atoms with Gasteiger partial charge in [-0.25, -0.2) is 4.79 Å². The van der Waals surface area contributed by atoms with E-state index in [1.54, 1.807) is 0 Å². The van der Waals surface area contributed by atoms with Crippen LogP contribution >= 0.6 is 11.8 Å². The summed E-state index contributed by atoms with van der Waals surface area (Å²) in [6, 6.07) is 0.440. The van der Waals surface area contributed by atoms with Crippen LogP contribution in [0.15, 0.2) is 0 Å². The van der Waals surface area contributed by atoms with Gasteiger partial charge in [0.05, 0.1) is 51.7 Å². The lowest BCUT2D eigenvalue weighted by atomic mass is 10.0. The number of hydrogen-bond donors (Lipinski definition) is 5. The van der Waals surface area contributed by atoms with Crippen LogP contribution in [0.25, 0.3) is 0 Å². The van der Waals surface area contributed by atoms with Crippen LogP contribution < -0.4 is 10.6 Å². The van der Waals surface area contributed by atoms with Crippen molar-refractivity contribution < 1.29 is 34.4 Å². The predicted octanol–water partition coefficient (Wildman–Crippen LogP) is -0.199. The van der Waals surface area contributed by atoms with Crippen molar-refractivity contribution >= 4 is 23.8 Å². The quantitative estimate of drug-likeness (QED) is 0.227. The summed E-state index contributed by atoms with van der Waals surface area (Å²) in [5, 5.41) is 31.3. The maximum absolute atomic E-state index is 11.1. The van der Waals surface area contributed by atoms with Gasteiger partial charge in [0.1, 0.15) is 0 Å². The maximum Gasteiger partial charge on any atom is 0.315 e. The summed E-state index contributed by atoms with van der Waals surface area (Å²) >= 11 is 1.87. The molecule has 2 fully saturated rings. The summed E-state index contributed by atoms with van der Waals surface area (Å²) < 4.78 is 9.75. The molecule has 26 heavy (non-hydrogen) atoms. The molecule has 2 aliphatic heterocycles. The van der Waals surface area contributed by atoms with Crippen LogP contribution in [0.5, 0.6) is 0 Å². The minimum atomic E-state index is -0.729. The van der Waals surface area contributed by atoms with E-state index in [1.807, 2.05) is 11.8 Å². The van der Waals surface area contributed by atoms with Crippen LogP contribution in [-0.2, 0) is 14.3 Å². The number of ether oxygens (including phenoxy) is 2. The Bertz CT molecular complexity index is 406. The first kappa shape index (κ1) is 23.0. The number of amides is 2. The number of aliphatic carboxylic acids is 1. The van der Waals surface area contributed by atoms with Gasteiger partial charge < -0.3 is 35.4 Å². The van der Waals surface area contributed by atoms with Crippen molar-refractivity contribution in [1.29, 1.82) is 0 Å². The molecule has 2 amide bonds. The number of fused-ring (bicyclic) bond motifs is 1. The number of hydrogen-bond acceptors (Lipinski definition) is 7. The molecule has 2 heterocycles. The first-order chi connectivity index (χ1) is 12.6. The van der Waals surface area contributed by atoms with Crippen LogP contribution in [0.1, 0.15) is 25.7 Å². The lowest BCUT2D eigenvalue weighted by Crippen LogP contribution is -2.36. The highest BCUT2D eigenvalue weighted by molar-refractivity contribution is 8.00. The molecule has 5 N–H and O–H groups in total. The Labute approximate surface area is 157 Å². The third kappa shape index (κ3) is 9.58. The number of unbranched alkanes of at least 4 members (excludes halogenated alkanes) is 1. The fraction of sp³-hybridized carbons (Fsp3) is 0.875. The summed E-state index contributed by atoms with van der Waals surface area (Å²) in [5.41, 5.74) is 0. The second-order valence-corrected chi connectivity index (χ2v) is 7.21. The van der Waals surface area contributed by atoms with E-state index in [0.717, 1.165) is 25.0 Å². The zero-order chi connectivity index (χ0) is 19.2. The van der Waals surface area contributed by atoms with Gasteiger partial charge in [0.2, 0.25) is 0 Å². The largest absolute Gasteiger partial charge is 0.481 e. The van der Waals surface area contributed by atoms with Gasteiger partial charge in [-0.1, -0.05) is 6.42 Å². The van der Waals surface area contributed by atoms with Gasteiger partial charge in [0.15, 0.2) is 0 Å². The molecule has 2 saturated heterocycles. The topological polar surface area (TPSA) is 137 Å². The Hall–Kier alpha value is -1.07. The predicted molar refractivity (Wildman–Crippen MR) is 97.4 cm³/mol. The van der Waals surface area contributed by atoms with Crippen molar-refractivity contribution in [2.24, 2.45) is 0 Å². The van der Waals surface area contributed by atoms with Crippen LogP contribution in [0, 0.1) is 0 Å². The lowest BCUT2D eigenvalue weighted by molar-refractivity contribution is -0.137. The molecule has 152 valence electrons. The van der Waals surface area contributed by atoms with Gasteiger partial charge in [0.25, 0.3) is 0 Å². The Balaban J connectivity index is 0.000000294. The highest BCUT2D eigenvalue weighted by Gasteiger charge is 2.42. The number of nitrogens with one attached hydrogen (secondary N) is 2. The first-order valence-corrected chi connectivity index (χ1v) is 9.91. The Morgan fingerprint density at radius 2 is 1.73 bits per heavy atom. The smallest absolute Gasteiger partial charge is 0.315 e. The third-order valence-corrected chi connectivity index (χ3v) is 5.42. The Morgan fingerprint density at radius 1 is 1.08 bits per heavy atom. The van der Waals surface area contributed by atoms with Crippen molar-refractivity contribution in [3.05, 3.63) is 0 Å². The second kappa shape index (κ2) is 14.0. The highest BCUT2D eigenvalue weighted by atomic mass is 32.2. The Kier molecular flexibility index (Phi) is 12.4. The Morgan fingerprint density at radius 3 is 2.31 bits per heavy atom. The molecule has 0 aromatic heterocycles. The average Bonchev–Trinajstić information content (AvgIpc) is 3.15. The molecule has 0 aliphatic carbocycles. The van der Waals surface area contributed by atoms with E-state index in [9.17, 15) is 9.59 Å². The summed E-state index contributed by atoms with van der Waals surface area (Å²) in [5.74, 6) is 0.236. The van der Waals surface area contributed by atoms with E-state index in [-0.39, 0.29) is 37.7 Å². The van der Waals surface area contributed by atoms with Crippen molar-refractivity contribution in [2.45, 2.75) is 43.0 Å². The highest BCUT2D eigenvalue weighted by Crippen LogP contribution is 2.33. The molecule has 10 heteroatoms. The standard InChI is InChI=1S/C10H16N2O3S.C6H14O4/c13-8(14)4-2-1-3-7-9-6(5-16-7)11-10(15)12-9;7-1-3-9-5-6-10-4-2-8/h6-7,9H,1-5H2,(H,13,14)(H2,11,12,15);7-8H,1-6H2/t6-,7-,9-;/m0./s1. The normalized spacial score (nSPS) is 23.6. The summed E-state index contributed by atoms with van der Waals surface area (Å²) in [6.07, 6.45) is 2.88. The van der Waals surface area contributed by atoms with Crippen LogP contribution in [0.2, 0.25) is 0 Å². The molecule has 0 saturated carbocycles. The summed E-state index contributed by atoms with van der Waals surface area (Å²) in [6.45, 7) is 1.73. The van der Waals surface area contributed by atoms with E-state index < -0.39 is 5.97 Å². The molecule has 2 rings (SSSR count). The minimum absolute atomic E-state index is 0.0417. The number of aliphatic hydroxyl groups excluding tert-OH is 2. The molecule has 9 nitrogen and oxygen atoms in total. The molecule has 3 atom stereocenters. The zero-order valence-electron chi connectivity index (χ0n) is 14.9. The van der Waals surface area contributed by atoms with Crippen LogP contribution in [0.3, 0.4) is 0 Å². The molecular weight excluding hydrogens is 364 g/mol. The minimum Gasteiger partial charge on any atom is -0.481 e. The number of carbonyl (C=O) groups is 2. The summed E-state index contributed by atoms with van der Waals surface area (Å²) in [4.78, 5) is 21.5. The van der Waals surface area contributed by atoms with Gasteiger partial charge in [-0.05, 0) is 12.8 Å². The molecule has 0 radical (unpaired) electrons. The number of aliphatic hydroxyl groups is 2. The van der Waals surface area contributed by atoms with Gasteiger partial charge >= 0.3 is 12.0 Å². The number of thioether (sulfide) groups is 1. The zero-order valence-corrected chi connectivity index (χ0v) is 15.7. The monoisotopic (exact) mass is 394 g/mol. The number of carbonyl (C=O) groups excluding carboxylic acids is 1. The summed E-state index contributed by atoms with van der Waals surface area (Å²) in [7, 11) is 0. The SMILES string of the molecule is O=C(O)CCCC[C@@H]1SC[C@@H]2NC(=O)N[C@@H]21.OCCOCCOCCO. The van der Waals surface area contributed by atoms with E-state index in [0.29, 0.717) is 31.7 Å². The van der Waals surface area contributed by atoms with Crippen LogP contribution in [-0.4, -0.2) is 90.0 Å². The number of rotatable bonds is 12.